The van der Waals surface area contributed by atoms with Crippen LogP contribution in [-0.4, -0.2) is 15.7 Å². The summed E-state index contributed by atoms with van der Waals surface area (Å²) in [6.45, 7) is 2.21. The van der Waals surface area contributed by atoms with Gasteiger partial charge in [0.1, 0.15) is 6.33 Å². The lowest BCUT2D eigenvalue weighted by Crippen LogP contribution is -2.17. The summed E-state index contributed by atoms with van der Waals surface area (Å²) in [4.78, 5) is 20.2. The molecule has 0 aliphatic carbocycles. The lowest BCUT2D eigenvalue weighted by atomic mass is 10.1. The Labute approximate surface area is 103 Å². The van der Waals surface area contributed by atoms with E-state index in [1.54, 1.807) is 12.4 Å². The van der Waals surface area contributed by atoms with E-state index in [9.17, 15) is 4.79 Å². The summed E-state index contributed by atoms with van der Waals surface area (Å²) in [5.41, 5.74) is 0. The Balaban J connectivity index is 1.94. The zero-order valence-electron chi connectivity index (χ0n) is 10.6. The van der Waals surface area contributed by atoms with Crippen molar-refractivity contribution in [2.24, 2.45) is 0 Å². The SMILES string of the molecule is CCCCCCCCCC(=O)On1ccnc1. The van der Waals surface area contributed by atoms with Crippen LogP contribution in [0.2, 0.25) is 0 Å². The van der Waals surface area contributed by atoms with Crippen molar-refractivity contribution < 1.29 is 9.63 Å². The Morgan fingerprint density at radius 3 is 2.53 bits per heavy atom. The quantitative estimate of drug-likeness (QED) is 0.621. The van der Waals surface area contributed by atoms with E-state index >= 15 is 0 Å². The van der Waals surface area contributed by atoms with Crippen LogP contribution < -0.4 is 4.84 Å². The van der Waals surface area contributed by atoms with Gasteiger partial charge in [-0.15, -0.1) is 0 Å². The van der Waals surface area contributed by atoms with Gasteiger partial charge in [-0.2, -0.15) is 4.73 Å². The number of hydrogen-bond donors (Lipinski definition) is 0. The van der Waals surface area contributed by atoms with E-state index in [-0.39, 0.29) is 5.97 Å². The summed E-state index contributed by atoms with van der Waals surface area (Å²) in [5, 5.41) is 0. The van der Waals surface area contributed by atoms with Gasteiger partial charge in [0.2, 0.25) is 0 Å². The van der Waals surface area contributed by atoms with Gasteiger partial charge >= 0.3 is 5.97 Å². The van der Waals surface area contributed by atoms with Crippen molar-refractivity contribution in [2.45, 2.75) is 58.3 Å². The van der Waals surface area contributed by atoms with E-state index in [4.69, 9.17) is 4.84 Å². The second-order valence-corrected chi connectivity index (χ2v) is 4.26. The number of unbranched alkanes of at least 4 members (excludes halogenated alkanes) is 6. The highest BCUT2D eigenvalue weighted by Gasteiger charge is 2.03. The number of nitrogens with zero attached hydrogens (tertiary/aromatic N) is 2. The minimum Gasteiger partial charge on any atom is -0.336 e. The molecule has 0 unspecified atom stereocenters. The molecule has 0 N–H and O–H groups in total. The van der Waals surface area contributed by atoms with Gasteiger partial charge in [0.15, 0.2) is 0 Å². The van der Waals surface area contributed by atoms with Crippen molar-refractivity contribution in [2.75, 3.05) is 0 Å². The molecule has 1 heterocycles. The van der Waals surface area contributed by atoms with Crippen LogP contribution in [-0.2, 0) is 4.79 Å². The number of hydrogen-bond acceptors (Lipinski definition) is 3. The molecule has 0 aliphatic heterocycles. The van der Waals surface area contributed by atoms with Crippen LogP contribution in [0.15, 0.2) is 18.7 Å². The normalized spacial score (nSPS) is 10.4. The first-order valence-corrected chi connectivity index (χ1v) is 6.52. The molecule has 1 rings (SSSR count). The van der Waals surface area contributed by atoms with Gasteiger partial charge in [-0.25, -0.2) is 9.78 Å². The molecule has 0 radical (unpaired) electrons. The monoisotopic (exact) mass is 238 g/mol. The number of imidazole rings is 1. The van der Waals surface area contributed by atoms with E-state index in [2.05, 4.69) is 11.9 Å². The van der Waals surface area contributed by atoms with Gasteiger partial charge in [-0.05, 0) is 6.42 Å². The van der Waals surface area contributed by atoms with Crippen molar-refractivity contribution >= 4 is 5.97 Å². The predicted octanol–water partition coefficient (Wildman–Crippen LogP) is 2.98. The fraction of sp³-hybridized carbons (Fsp3) is 0.692. The lowest BCUT2D eigenvalue weighted by molar-refractivity contribution is -0.144. The van der Waals surface area contributed by atoms with Gasteiger partial charge in [0.25, 0.3) is 0 Å². The Hall–Kier alpha value is -1.32. The summed E-state index contributed by atoms with van der Waals surface area (Å²) >= 11 is 0. The van der Waals surface area contributed by atoms with Crippen LogP contribution in [0, 0.1) is 0 Å². The molecule has 0 aliphatic rings. The van der Waals surface area contributed by atoms with Crippen molar-refractivity contribution in [3.8, 4) is 0 Å². The van der Waals surface area contributed by atoms with Crippen molar-refractivity contribution in [3.63, 3.8) is 0 Å². The van der Waals surface area contributed by atoms with Crippen LogP contribution in [0.25, 0.3) is 0 Å². The minimum atomic E-state index is -0.184. The maximum Gasteiger partial charge on any atom is 0.332 e. The third kappa shape index (κ3) is 6.76. The smallest absolute Gasteiger partial charge is 0.332 e. The van der Waals surface area contributed by atoms with Crippen LogP contribution in [0.4, 0.5) is 0 Å². The van der Waals surface area contributed by atoms with E-state index in [0.29, 0.717) is 6.42 Å². The average Bonchev–Trinajstić information content (AvgIpc) is 2.80. The fourth-order valence-electron chi connectivity index (χ4n) is 1.69. The molecular formula is C13H22N2O2. The molecule has 4 heteroatoms. The zero-order valence-corrected chi connectivity index (χ0v) is 10.6. The van der Waals surface area contributed by atoms with Gasteiger partial charge in [-0.3, -0.25) is 0 Å². The number of rotatable bonds is 9. The van der Waals surface area contributed by atoms with Crippen LogP contribution in [0.1, 0.15) is 58.3 Å². The van der Waals surface area contributed by atoms with Gasteiger partial charge in [0.05, 0.1) is 6.20 Å². The van der Waals surface area contributed by atoms with Crippen molar-refractivity contribution in [1.29, 1.82) is 0 Å². The largest absolute Gasteiger partial charge is 0.336 e. The number of carbonyl (C=O) groups is 1. The van der Waals surface area contributed by atoms with Crippen molar-refractivity contribution in [1.82, 2.24) is 9.71 Å². The third-order valence-electron chi connectivity index (χ3n) is 2.67. The molecule has 1 aromatic rings. The Bertz CT molecular complexity index is 296. The zero-order chi connectivity index (χ0) is 12.3. The first-order chi connectivity index (χ1) is 8.33. The highest BCUT2D eigenvalue weighted by atomic mass is 16.7. The summed E-state index contributed by atoms with van der Waals surface area (Å²) in [5.74, 6) is -0.184. The highest BCUT2D eigenvalue weighted by Crippen LogP contribution is 2.08. The molecule has 96 valence electrons. The van der Waals surface area contributed by atoms with Crippen LogP contribution >= 0.6 is 0 Å². The van der Waals surface area contributed by atoms with E-state index in [1.165, 1.54) is 43.2 Å². The Morgan fingerprint density at radius 2 is 1.88 bits per heavy atom. The Morgan fingerprint density at radius 1 is 1.18 bits per heavy atom. The molecule has 0 bridgehead atoms. The number of carbonyl (C=O) groups excluding carboxylic acids is 1. The van der Waals surface area contributed by atoms with Gasteiger partial charge in [-0.1, -0.05) is 45.4 Å². The highest BCUT2D eigenvalue weighted by molar-refractivity contribution is 5.69. The van der Waals surface area contributed by atoms with Gasteiger partial charge in [0, 0.05) is 12.6 Å². The van der Waals surface area contributed by atoms with E-state index < -0.39 is 0 Å². The molecule has 0 amide bonds. The summed E-state index contributed by atoms with van der Waals surface area (Å²) in [6, 6.07) is 0. The molecule has 0 aromatic carbocycles. The molecule has 0 spiro atoms. The molecule has 4 nitrogen and oxygen atoms in total. The number of aromatic nitrogens is 2. The Kier molecular flexibility index (Phi) is 7.11. The van der Waals surface area contributed by atoms with Gasteiger partial charge < -0.3 is 4.84 Å². The fourth-order valence-corrected chi connectivity index (χ4v) is 1.69. The van der Waals surface area contributed by atoms with Crippen LogP contribution in [0.5, 0.6) is 0 Å². The molecule has 0 atom stereocenters. The van der Waals surface area contributed by atoms with E-state index in [0.717, 1.165) is 12.8 Å². The third-order valence-corrected chi connectivity index (χ3v) is 2.67. The standard InChI is InChI=1S/C13H22N2O2/c1-2-3-4-5-6-7-8-9-13(16)17-15-11-10-14-12-15/h10-12H,2-9H2,1H3. The predicted molar refractivity (Wildman–Crippen MR) is 66.4 cm³/mol. The summed E-state index contributed by atoms with van der Waals surface area (Å²) < 4.78 is 1.34. The summed E-state index contributed by atoms with van der Waals surface area (Å²) in [6.07, 6.45) is 13.6. The summed E-state index contributed by atoms with van der Waals surface area (Å²) in [7, 11) is 0. The second kappa shape index (κ2) is 8.79. The molecule has 17 heavy (non-hydrogen) atoms. The lowest BCUT2D eigenvalue weighted by Gasteiger charge is -2.03. The topological polar surface area (TPSA) is 44.1 Å². The maximum atomic E-state index is 11.4. The maximum absolute atomic E-state index is 11.4. The molecule has 0 fully saturated rings. The average molecular weight is 238 g/mol. The first-order valence-electron chi connectivity index (χ1n) is 6.52. The van der Waals surface area contributed by atoms with Crippen molar-refractivity contribution in [3.05, 3.63) is 18.7 Å². The van der Waals surface area contributed by atoms with Crippen LogP contribution in [0.3, 0.4) is 0 Å². The molecule has 0 saturated heterocycles. The molecule has 1 aromatic heterocycles. The molecule has 0 saturated carbocycles. The second-order valence-electron chi connectivity index (χ2n) is 4.26. The molecular weight excluding hydrogens is 216 g/mol. The van der Waals surface area contributed by atoms with E-state index in [1.807, 2.05) is 0 Å². The minimum absolute atomic E-state index is 0.184. The first kappa shape index (κ1) is 13.7.